The van der Waals surface area contributed by atoms with Gasteiger partial charge >= 0.3 is 0 Å². The number of piperidine rings is 1. The first kappa shape index (κ1) is 82.8. The summed E-state index contributed by atoms with van der Waals surface area (Å²) in [5, 5.41) is 0. The molecule has 1 aromatic carbocycles. The van der Waals surface area contributed by atoms with Crippen LogP contribution < -0.4 is 0 Å². The molecule has 0 atom stereocenters. The fraction of sp³-hybridized carbons (Fsp3) is 0.637. The summed E-state index contributed by atoms with van der Waals surface area (Å²) in [6.45, 7) is 86.8. The maximum atomic E-state index is 4.63. The van der Waals surface area contributed by atoms with Gasteiger partial charge in [-0.1, -0.05) is 104 Å². The van der Waals surface area contributed by atoms with Crippen LogP contribution in [0.4, 0.5) is 0 Å². The minimum atomic E-state index is 0.469. The molecule has 7 rings (SSSR count). The number of likely N-dealkylation sites (tertiary alicyclic amines) is 1. The van der Waals surface area contributed by atoms with Crippen LogP contribution in [0.1, 0.15) is 324 Å². The van der Waals surface area contributed by atoms with Crippen LogP contribution in [0.15, 0.2) is 6.20 Å². The number of benzene rings is 1. The monoisotopic (exact) mass is 1210 g/mol. The summed E-state index contributed by atoms with van der Waals surface area (Å²) in [7, 11) is 0. The lowest BCUT2D eigenvalue weighted by Gasteiger charge is -2.33. The predicted molar refractivity (Wildman–Crippen MR) is 388 cm³/mol. The van der Waals surface area contributed by atoms with Gasteiger partial charge in [-0.2, -0.15) is 0 Å². The summed E-state index contributed by atoms with van der Waals surface area (Å²) in [5.74, 6) is 5.14. The predicted octanol–water partition coefficient (Wildman–Crippen LogP) is 22.6. The third-order valence-corrected chi connectivity index (χ3v) is 18.5. The van der Waals surface area contributed by atoms with E-state index in [1.165, 1.54) is 132 Å². The van der Waals surface area contributed by atoms with Crippen molar-refractivity contribution in [3.8, 4) is 0 Å². The normalized spacial score (nSPS) is 12.2. The van der Waals surface area contributed by atoms with E-state index in [1.807, 2.05) is 47.7 Å². The molecule has 494 valence electrons. The van der Waals surface area contributed by atoms with Gasteiger partial charge < -0.3 is 4.90 Å². The van der Waals surface area contributed by atoms with Crippen molar-refractivity contribution in [2.75, 3.05) is 13.1 Å². The summed E-state index contributed by atoms with van der Waals surface area (Å²) in [6.07, 6.45) is 4.80. The highest BCUT2D eigenvalue weighted by atomic mass is 15.1. The Morgan fingerprint density at radius 2 is 0.648 bits per heavy atom. The molecule has 0 N–H and O–H groups in total. The third kappa shape index (κ3) is 24.2. The van der Waals surface area contributed by atoms with E-state index < -0.39 is 0 Å². The number of rotatable bonds is 7. The lowest BCUT2D eigenvalue weighted by Crippen LogP contribution is -2.37. The van der Waals surface area contributed by atoms with Crippen molar-refractivity contribution in [2.24, 2.45) is 5.92 Å². The fourth-order valence-corrected chi connectivity index (χ4v) is 12.0. The second kappa shape index (κ2) is 38.5. The Balaban J connectivity index is 0.000001000. The minimum absolute atomic E-state index is 0.469. The summed E-state index contributed by atoms with van der Waals surface area (Å²) in [5.41, 5.74) is 35.0. The van der Waals surface area contributed by atoms with Gasteiger partial charge in [0.25, 0.3) is 0 Å². The van der Waals surface area contributed by atoms with E-state index in [0.29, 0.717) is 35.5 Å². The van der Waals surface area contributed by atoms with Crippen molar-refractivity contribution in [1.82, 2.24) is 39.8 Å². The molecular weight excluding hydrogens is 1070 g/mol. The van der Waals surface area contributed by atoms with E-state index >= 15 is 0 Å². The molecule has 8 heteroatoms. The SMILES string of the molecule is CC.CC1CCN(C(C)C)CC1.Cc1c(C)c(C)c(C(C)C)c(C)c1C.Cc1nc(C(C)C)c(C)c(C)c1C.Cc1nc(C)c(C(C)C)c(C)c1C.Cc1nc(C)c(C(C)C)c(C)n1.Cc1nc(C)c(C(C)C)nc1C.Cc1ncc(C(C)C)c(C)c1C. The van der Waals surface area contributed by atoms with Gasteiger partial charge in [-0.3, -0.25) is 24.9 Å². The molecule has 1 aliphatic heterocycles. The number of nitrogens with zero attached hydrogens (tertiary/aromatic N) is 8. The zero-order chi connectivity index (χ0) is 68.8. The van der Waals surface area contributed by atoms with Crippen LogP contribution in [0.2, 0.25) is 0 Å². The van der Waals surface area contributed by atoms with E-state index in [1.54, 1.807) is 5.56 Å². The Kier molecular flexibility index (Phi) is 36.2. The lowest BCUT2D eigenvalue weighted by atomic mass is 9.85. The van der Waals surface area contributed by atoms with Crippen molar-refractivity contribution >= 4 is 0 Å². The lowest BCUT2D eigenvalue weighted by molar-refractivity contribution is 0.156. The van der Waals surface area contributed by atoms with Crippen LogP contribution in [0.5, 0.6) is 0 Å². The quantitative estimate of drug-likeness (QED) is 0.156. The van der Waals surface area contributed by atoms with Crippen molar-refractivity contribution in [3.05, 3.63) is 164 Å². The van der Waals surface area contributed by atoms with Gasteiger partial charge in [0.05, 0.1) is 22.8 Å². The van der Waals surface area contributed by atoms with Crippen molar-refractivity contribution in [3.63, 3.8) is 0 Å². The molecule has 88 heavy (non-hydrogen) atoms. The fourth-order valence-electron chi connectivity index (χ4n) is 12.0. The first-order valence-corrected chi connectivity index (χ1v) is 33.8. The Morgan fingerprint density at radius 3 is 1.06 bits per heavy atom. The molecule has 6 aromatic rings. The highest BCUT2D eigenvalue weighted by Crippen LogP contribution is 2.32. The summed E-state index contributed by atoms with van der Waals surface area (Å²) in [4.78, 5) is 33.7. The van der Waals surface area contributed by atoms with Crippen LogP contribution in [0, 0.1) is 158 Å². The Bertz CT molecular complexity index is 3060. The van der Waals surface area contributed by atoms with Crippen LogP contribution in [0.3, 0.4) is 0 Å². The van der Waals surface area contributed by atoms with E-state index in [9.17, 15) is 0 Å². The molecule has 0 saturated carbocycles. The minimum Gasteiger partial charge on any atom is -0.301 e. The second-order valence-corrected chi connectivity index (χ2v) is 27.5. The molecule has 6 heterocycles. The average Bonchev–Trinajstić information content (AvgIpc) is 2.80. The maximum absolute atomic E-state index is 4.63. The maximum Gasteiger partial charge on any atom is 0.125 e. The number of pyridine rings is 3. The summed E-state index contributed by atoms with van der Waals surface area (Å²) < 4.78 is 0. The van der Waals surface area contributed by atoms with Crippen LogP contribution in [-0.4, -0.2) is 58.9 Å². The van der Waals surface area contributed by atoms with E-state index in [0.717, 1.165) is 57.6 Å². The molecule has 1 aliphatic rings. The van der Waals surface area contributed by atoms with Crippen molar-refractivity contribution in [1.29, 1.82) is 0 Å². The zero-order valence-electron chi connectivity index (χ0n) is 64.6. The third-order valence-electron chi connectivity index (χ3n) is 18.5. The van der Waals surface area contributed by atoms with E-state index in [2.05, 4.69) is 268 Å². The van der Waals surface area contributed by atoms with Gasteiger partial charge in [0.15, 0.2) is 0 Å². The standard InChI is InChI=1S/C14H22.2C12H19N.C11H17N.2C10H16N2.C9H19N.C2H6/c1-8(2)14-12(6)10(4)9(3)11(5)13(14)7;1-7(2)12-9(4)8(3)10(5)13-11(12)6;1-7(2)12-10(5)8(3)9(4)11(6)13-12;1-7(2)11-6-12-10(5)8(3)9(11)4;1-6(2)10-7(3)11-9(5)12-8(10)4;1-6(2)10-9(5)11-7(3)8(4)12-10;1-8(2)10-6-4-9(3)5-7-10;1-2/h8H,1-7H3;2*7H,1-6H3;6-7H,1-5H3;2*6H,1-5H3;8-9H,4-7H2,1-3H3;1-2H3. The van der Waals surface area contributed by atoms with Gasteiger partial charge in [0, 0.05) is 52.1 Å². The van der Waals surface area contributed by atoms with Gasteiger partial charge in [0.1, 0.15) is 5.82 Å². The molecule has 0 amide bonds. The number of hydrogen-bond acceptors (Lipinski definition) is 8. The highest BCUT2D eigenvalue weighted by molar-refractivity contribution is 5.50. The summed E-state index contributed by atoms with van der Waals surface area (Å²) in [6, 6.07) is 0.757. The number of hydrogen-bond donors (Lipinski definition) is 0. The van der Waals surface area contributed by atoms with Crippen molar-refractivity contribution in [2.45, 2.75) is 324 Å². The van der Waals surface area contributed by atoms with E-state index in [4.69, 9.17) is 0 Å². The topological polar surface area (TPSA) is 93.5 Å². The van der Waals surface area contributed by atoms with Gasteiger partial charge in [-0.15, -0.1) is 0 Å². The van der Waals surface area contributed by atoms with E-state index in [-0.39, 0.29) is 0 Å². The highest BCUT2D eigenvalue weighted by Gasteiger charge is 2.19. The average molecular weight is 1210 g/mol. The molecule has 0 bridgehead atoms. The van der Waals surface area contributed by atoms with Crippen molar-refractivity contribution < 1.29 is 0 Å². The molecule has 8 nitrogen and oxygen atoms in total. The largest absolute Gasteiger partial charge is 0.301 e. The Hall–Kier alpha value is -5.21. The Morgan fingerprint density at radius 1 is 0.307 bits per heavy atom. The molecule has 5 aromatic heterocycles. The molecule has 0 spiro atoms. The molecule has 1 fully saturated rings. The van der Waals surface area contributed by atoms with Crippen LogP contribution in [0.25, 0.3) is 0 Å². The molecular formula is C80H134N8. The van der Waals surface area contributed by atoms with Crippen LogP contribution >= 0.6 is 0 Å². The molecule has 0 aliphatic carbocycles. The zero-order valence-corrected chi connectivity index (χ0v) is 64.6. The molecule has 0 radical (unpaired) electrons. The van der Waals surface area contributed by atoms with Gasteiger partial charge in [-0.25, -0.2) is 9.97 Å². The number of aryl methyl sites for hydroxylation is 10. The smallest absolute Gasteiger partial charge is 0.125 e. The second-order valence-electron chi connectivity index (χ2n) is 27.5. The van der Waals surface area contributed by atoms with Crippen LogP contribution in [-0.2, 0) is 0 Å². The first-order chi connectivity index (χ1) is 40.5. The molecule has 1 saturated heterocycles. The Labute approximate surface area is 544 Å². The number of aromatic nitrogens is 7. The van der Waals surface area contributed by atoms with Gasteiger partial charge in [0.2, 0.25) is 0 Å². The summed E-state index contributed by atoms with van der Waals surface area (Å²) >= 11 is 0. The molecule has 0 unspecified atom stereocenters. The van der Waals surface area contributed by atoms with Gasteiger partial charge in [-0.05, 0) is 323 Å². The first-order valence-electron chi connectivity index (χ1n) is 33.8.